The van der Waals surface area contributed by atoms with Crippen LogP contribution >= 0.6 is 11.6 Å². The summed E-state index contributed by atoms with van der Waals surface area (Å²) in [4.78, 5) is 0.246. The number of halogens is 1. The van der Waals surface area contributed by atoms with Crippen LogP contribution < -0.4 is 5.73 Å². The fourth-order valence-electron chi connectivity index (χ4n) is 2.28. The van der Waals surface area contributed by atoms with Crippen LogP contribution in [0.2, 0.25) is 5.02 Å². The Morgan fingerprint density at radius 1 is 1.32 bits per heavy atom. The van der Waals surface area contributed by atoms with Crippen molar-refractivity contribution in [3.05, 3.63) is 28.8 Å². The lowest BCUT2D eigenvalue weighted by atomic mass is 10.0. The van der Waals surface area contributed by atoms with Crippen molar-refractivity contribution >= 4 is 21.6 Å². The van der Waals surface area contributed by atoms with Crippen molar-refractivity contribution in [3.8, 4) is 0 Å². The van der Waals surface area contributed by atoms with Gasteiger partial charge in [-0.05, 0) is 29.5 Å². The van der Waals surface area contributed by atoms with Gasteiger partial charge in [-0.1, -0.05) is 31.5 Å². The molecule has 0 spiro atoms. The molecule has 2 unspecified atom stereocenters. The molecule has 1 fully saturated rings. The molecule has 4 nitrogen and oxygen atoms in total. The maximum absolute atomic E-state index is 12.5. The Balaban J connectivity index is 2.33. The third kappa shape index (κ3) is 2.79. The van der Waals surface area contributed by atoms with E-state index in [2.05, 4.69) is 13.8 Å². The van der Waals surface area contributed by atoms with E-state index in [1.807, 2.05) is 0 Å². The summed E-state index contributed by atoms with van der Waals surface area (Å²) in [6.45, 7) is 5.59. The van der Waals surface area contributed by atoms with Gasteiger partial charge in [0.05, 0.1) is 4.90 Å². The molecule has 0 saturated carbocycles. The Bertz CT molecular complexity index is 564. The lowest BCUT2D eigenvalue weighted by Crippen LogP contribution is -2.29. The van der Waals surface area contributed by atoms with E-state index in [9.17, 15) is 8.42 Å². The van der Waals surface area contributed by atoms with Crippen LogP contribution in [0.3, 0.4) is 0 Å². The highest BCUT2D eigenvalue weighted by atomic mass is 35.5. The van der Waals surface area contributed by atoms with Gasteiger partial charge in [-0.3, -0.25) is 0 Å². The third-order valence-electron chi connectivity index (χ3n) is 3.84. The normalized spacial score (nSPS) is 24.8. The average molecular weight is 303 g/mol. The zero-order valence-electron chi connectivity index (χ0n) is 11.1. The van der Waals surface area contributed by atoms with Crippen molar-refractivity contribution in [2.75, 3.05) is 13.1 Å². The molecule has 19 heavy (non-hydrogen) atoms. The summed E-state index contributed by atoms with van der Waals surface area (Å²) in [5.74, 6) is 0.766. The molecule has 2 N–H and O–H groups in total. The Hall–Kier alpha value is -0.620. The second-order valence-corrected chi connectivity index (χ2v) is 7.58. The van der Waals surface area contributed by atoms with Crippen molar-refractivity contribution in [2.45, 2.75) is 25.3 Å². The topological polar surface area (TPSA) is 63.4 Å². The first-order valence-electron chi connectivity index (χ1n) is 6.35. The second-order valence-electron chi connectivity index (χ2n) is 5.23. The highest BCUT2D eigenvalue weighted by Gasteiger charge is 2.35. The summed E-state index contributed by atoms with van der Waals surface area (Å²) in [6.07, 6.45) is 0. The summed E-state index contributed by atoms with van der Waals surface area (Å²) in [7, 11) is -3.44. The van der Waals surface area contributed by atoms with Crippen LogP contribution in [0.1, 0.15) is 19.4 Å². The summed E-state index contributed by atoms with van der Waals surface area (Å²) in [6, 6.07) is 4.75. The number of hydrogen-bond donors (Lipinski definition) is 1. The van der Waals surface area contributed by atoms with Gasteiger partial charge >= 0.3 is 0 Å². The van der Waals surface area contributed by atoms with E-state index in [4.69, 9.17) is 17.3 Å². The molecule has 0 aliphatic carbocycles. The molecule has 1 aliphatic heterocycles. The quantitative estimate of drug-likeness (QED) is 0.930. The fraction of sp³-hybridized carbons (Fsp3) is 0.538. The number of hydrogen-bond acceptors (Lipinski definition) is 3. The number of nitrogens with two attached hydrogens (primary N) is 1. The van der Waals surface area contributed by atoms with Crippen molar-refractivity contribution < 1.29 is 8.42 Å². The van der Waals surface area contributed by atoms with Gasteiger partial charge in [0.25, 0.3) is 0 Å². The minimum Gasteiger partial charge on any atom is -0.326 e. The van der Waals surface area contributed by atoms with Crippen LogP contribution in [0.4, 0.5) is 0 Å². The minimum absolute atomic E-state index is 0.246. The monoisotopic (exact) mass is 302 g/mol. The van der Waals surface area contributed by atoms with Gasteiger partial charge in [-0.15, -0.1) is 0 Å². The molecule has 2 atom stereocenters. The fourth-order valence-corrected chi connectivity index (χ4v) is 4.27. The molecule has 1 aliphatic rings. The summed E-state index contributed by atoms with van der Waals surface area (Å²) in [5.41, 5.74) is 6.28. The Morgan fingerprint density at radius 3 is 2.37 bits per heavy atom. The van der Waals surface area contributed by atoms with Gasteiger partial charge in [0, 0.05) is 24.7 Å². The predicted molar refractivity (Wildman–Crippen MR) is 76.4 cm³/mol. The van der Waals surface area contributed by atoms with E-state index >= 15 is 0 Å². The highest BCUT2D eigenvalue weighted by molar-refractivity contribution is 7.89. The number of benzene rings is 1. The lowest BCUT2D eigenvalue weighted by molar-refractivity contribution is 0.463. The minimum atomic E-state index is -3.44. The SMILES string of the molecule is CC1CN(S(=O)(=O)c2ccc(CN)c(Cl)c2)CC1C. The third-order valence-corrected chi connectivity index (χ3v) is 6.02. The van der Waals surface area contributed by atoms with Gasteiger partial charge < -0.3 is 5.73 Å². The molecular formula is C13H19ClN2O2S. The standard InChI is InChI=1S/C13H19ClN2O2S/c1-9-7-16(8-10(9)2)19(17,18)12-4-3-11(6-15)13(14)5-12/h3-5,9-10H,6-8,15H2,1-2H3. The maximum Gasteiger partial charge on any atom is 0.243 e. The molecule has 1 aromatic rings. The molecule has 106 valence electrons. The molecule has 0 radical (unpaired) electrons. The molecule has 1 heterocycles. The van der Waals surface area contributed by atoms with E-state index in [0.29, 0.717) is 36.5 Å². The first-order valence-corrected chi connectivity index (χ1v) is 8.16. The van der Waals surface area contributed by atoms with Crippen molar-refractivity contribution in [1.29, 1.82) is 0 Å². The number of sulfonamides is 1. The van der Waals surface area contributed by atoms with Gasteiger partial charge in [0.15, 0.2) is 0 Å². The second kappa shape index (κ2) is 5.40. The zero-order chi connectivity index (χ0) is 14.2. The van der Waals surface area contributed by atoms with Crippen molar-refractivity contribution in [3.63, 3.8) is 0 Å². The first kappa shape index (κ1) is 14.8. The van der Waals surface area contributed by atoms with Crippen molar-refractivity contribution in [1.82, 2.24) is 4.31 Å². The molecule has 1 aromatic carbocycles. The van der Waals surface area contributed by atoms with Crippen LogP contribution in [0.25, 0.3) is 0 Å². The van der Waals surface area contributed by atoms with Crippen LogP contribution in [-0.2, 0) is 16.6 Å². The van der Waals surface area contributed by atoms with Crippen LogP contribution in [0, 0.1) is 11.8 Å². The largest absolute Gasteiger partial charge is 0.326 e. The molecular weight excluding hydrogens is 284 g/mol. The van der Waals surface area contributed by atoms with Gasteiger partial charge in [0.1, 0.15) is 0 Å². The van der Waals surface area contributed by atoms with Gasteiger partial charge in [-0.2, -0.15) is 4.31 Å². The van der Waals surface area contributed by atoms with Gasteiger partial charge in [0.2, 0.25) is 10.0 Å². The Labute approximate surface area is 119 Å². The summed E-state index contributed by atoms with van der Waals surface area (Å²) in [5, 5.41) is 0.406. The molecule has 1 saturated heterocycles. The van der Waals surface area contributed by atoms with E-state index in [1.165, 1.54) is 10.4 Å². The molecule has 2 rings (SSSR count). The van der Waals surface area contributed by atoms with Crippen LogP contribution in [-0.4, -0.2) is 25.8 Å². The molecule has 0 amide bonds. The Kier molecular flexibility index (Phi) is 4.20. The van der Waals surface area contributed by atoms with Crippen LogP contribution in [0.5, 0.6) is 0 Å². The lowest BCUT2D eigenvalue weighted by Gasteiger charge is -2.16. The Morgan fingerprint density at radius 2 is 1.89 bits per heavy atom. The zero-order valence-corrected chi connectivity index (χ0v) is 12.7. The van der Waals surface area contributed by atoms with Crippen LogP contribution in [0.15, 0.2) is 23.1 Å². The summed E-state index contributed by atoms with van der Waals surface area (Å²) < 4.78 is 26.6. The predicted octanol–water partition coefficient (Wildman–Crippen LogP) is 2.08. The number of nitrogens with zero attached hydrogens (tertiary/aromatic N) is 1. The molecule has 0 bridgehead atoms. The maximum atomic E-state index is 12.5. The smallest absolute Gasteiger partial charge is 0.243 e. The average Bonchev–Trinajstić information content (AvgIpc) is 2.70. The highest BCUT2D eigenvalue weighted by Crippen LogP contribution is 2.29. The molecule has 0 aromatic heterocycles. The van der Waals surface area contributed by atoms with E-state index < -0.39 is 10.0 Å². The van der Waals surface area contributed by atoms with E-state index in [0.717, 1.165) is 5.56 Å². The van der Waals surface area contributed by atoms with Gasteiger partial charge in [-0.25, -0.2) is 8.42 Å². The van der Waals surface area contributed by atoms with Crippen molar-refractivity contribution in [2.24, 2.45) is 17.6 Å². The first-order chi connectivity index (χ1) is 8.86. The van der Waals surface area contributed by atoms with E-state index in [1.54, 1.807) is 12.1 Å². The molecule has 6 heteroatoms. The van der Waals surface area contributed by atoms with E-state index in [-0.39, 0.29) is 4.90 Å². The number of rotatable bonds is 3. The summed E-state index contributed by atoms with van der Waals surface area (Å²) >= 11 is 6.04.